The van der Waals surface area contributed by atoms with Gasteiger partial charge in [-0.25, -0.2) is 4.79 Å². The van der Waals surface area contributed by atoms with E-state index in [9.17, 15) is 19.8 Å². The molecule has 3 rings (SSSR count). The lowest BCUT2D eigenvalue weighted by Gasteiger charge is -2.31. The van der Waals surface area contributed by atoms with Gasteiger partial charge in [0.05, 0.1) is 18.6 Å². The molecule has 140 valence electrons. The smallest absolute Gasteiger partial charge is 0.354 e. The molecule has 2 aromatic rings. The number of phenols is 1. The molecule has 0 aliphatic carbocycles. The molecule has 1 amide bonds. The summed E-state index contributed by atoms with van der Waals surface area (Å²) in [6, 6.07) is 12.9. The summed E-state index contributed by atoms with van der Waals surface area (Å²) in [6.07, 6.45) is -0.214. The van der Waals surface area contributed by atoms with Crippen LogP contribution in [0.1, 0.15) is 34.8 Å². The molecule has 1 aliphatic rings. The van der Waals surface area contributed by atoms with Crippen molar-refractivity contribution in [3.63, 3.8) is 0 Å². The van der Waals surface area contributed by atoms with Crippen molar-refractivity contribution in [3.05, 3.63) is 65.2 Å². The third kappa shape index (κ3) is 3.41. The van der Waals surface area contributed by atoms with Crippen molar-refractivity contribution in [1.29, 1.82) is 0 Å². The molecule has 7 nitrogen and oxygen atoms in total. The zero-order chi connectivity index (χ0) is 19.6. The summed E-state index contributed by atoms with van der Waals surface area (Å²) < 4.78 is 4.96. The number of phenolic OH excluding ortho intramolecular Hbond substituents is 1. The first-order valence-corrected chi connectivity index (χ1v) is 8.53. The number of carbonyl (C=O) groups excluding carboxylic acids is 2. The number of para-hydroxylation sites is 1. The van der Waals surface area contributed by atoms with Gasteiger partial charge in [-0.3, -0.25) is 4.79 Å². The highest BCUT2D eigenvalue weighted by Crippen LogP contribution is 2.37. The van der Waals surface area contributed by atoms with E-state index in [2.05, 4.69) is 5.10 Å². The summed E-state index contributed by atoms with van der Waals surface area (Å²) in [7, 11) is 0. The quantitative estimate of drug-likeness (QED) is 0.807. The van der Waals surface area contributed by atoms with Crippen LogP contribution in [0.25, 0.3) is 0 Å². The lowest BCUT2D eigenvalue weighted by molar-refractivity contribution is -0.135. The van der Waals surface area contributed by atoms with E-state index < -0.39 is 17.6 Å². The van der Waals surface area contributed by atoms with Gasteiger partial charge >= 0.3 is 5.97 Å². The van der Waals surface area contributed by atoms with Crippen LogP contribution in [-0.4, -0.2) is 39.4 Å². The molecule has 0 saturated heterocycles. The van der Waals surface area contributed by atoms with E-state index in [0.29, 0.717) is 5.56 Å². The van der Waals surface area contributed by atoms with Gasteiger partial charge < -0.3 is 14.9 Å². The minimum absolute atomic E-state index is 0.0307. The van der Waals surface area contributed by atoms with Crippen molar-refractivity contribution in [3.8, 4) is 5.75 Å². The molecule has 1 aliphatic heterocycles. The van der Waals surface area contributed by atoms with Crippen LogP contribution in [0.3, 0.4) is 0 Å². The van der Waals surface area contributed by atoms with Gasteiger partial charge in [-0.2, -0.15) is 10.1 Å². The summed E-state index contributed by atoms with van der Waals surface area (Å²) in [5.41, 5.74) is -0.583. The Bertz CT molecular complexity index is 907. The maximum absolute atomic E-state index is 13.0. The lowest BCUT2D eigenvalue weighted by Crippen LogP contribution is -2.43. The molecule has 0 spiro atoms. The molecule has 0 saturated carbocycles. The minimum atomic E-state index is -1.87. The van der Waals surface area contributed by atoms with Crippen molar-refractivity contribution < 1.29 is 24.5 Å². The van der Waals surface area contributed by atoms with Gasteiger partial charge in [0, 0.05) is 5.56 Å². The molecule has 0 radical (unpaired) electrons. The number of ether oxygens (including phenoxy) is 1. The van der Waals surface area contributed by atoms with Crippen molar-refractivity contribution in [2.45, 2.75) is 26.0 Å². The number of amides is 1. The number of aryl methyl sites for hydroxylation is 1. The predicted octanol–water partition coefficient (Wildman–Crippen LogP) is 2.31. The average molecular weight is 368 g/mol. The van der Waals surface area contributed by atoms with Crippen LogP contribution in [0, 0.1) is 6.92 Å². The van der Waals surface area contributed by atoms with Crippen molar-refractivity contribution in [2.24, 2.45) is 5.10 Å². The van der Waals surface area contributed by atoms with Crippen LogP contribution in [0.4, 0.5) is 0 Å². The second-order valence-corrected chi connectivity index (χ2v) is 6.26. The van der Waals surface area contributed by atoms with Crippen molar-refractivity contribution in [2.75, 3.05) is 6.61 Å². The molecular weight excluding hydrogens is 348 g/mol. The normalized spacial score (nSPS) is 18.9. The van der Waals surface area contributed by atoms with Crippen LogP contribution in [0.15, 0.2) is 53.6 Å². The standard InChI is InChI=1S/C20H20N2O5/c1-3-27-19(25)16-12-20(26,14-10-8-13(2)9-11-14)22(21-16)18(24)15-6-4-5-7-17(15)23/h4-11,23,26H,3,12H2,1-2H3/t20-/m1/s1. The SMILES string of the molecule is CCOC(=O)C1=NN(C(=O)c2ccccc2O)[C@](O)(c2ccc(C)cc2)C1. The maximum Gasteiger partial charge on any atom is 0.354 e. The second-order valence-electron chi connectivity index (χ2n) is 6.26. The highest BCUT2D eigenvalue weighted by molar-refractivity contribution is 6.37. The Labute approximate surface area is 156 Å². The van der Waals surface area contributed by atoms with Gasteiger partial charge in [0.15, 0.2) is 11.4 Å². The Kier molecular flexibility index (Phi) is 4.96. The Hall–Kier alpha value is -3.19. The lowest BCUT2D eigenvalue weighted by atomic mass is 9.96. The Balaban J connectivity index is 2.06. The first-order valence-electron chi connectivity index (χ1n) is 8.53. The highest BCUT2D eigenvalue weighted by atomic mass is 16.5. The predicted molar refractivity (Wildman–Crippen MR) is 98.0 cm³/mol. The summed E-state index contributed by atoms with van der Waals surface area (Å²) in [6.45, 7) is 3.70. The van der Waals surface area contributed by atoms with Crippen LogP contribution in [-0.2, 0) is 15.3 Å². The maximum atomic E-state index is 13.0. The zero-order valence-corrected chi connectivity index (χ0v) is 15.0. The molecule has 7 heteroatoms. The molecule has 0 bridgehead atoms. The zero-order valence-electron chi connectivity index (χ0n) is 15.0. The average Bonchev–Trinajstić information content (AvgIpc) is 3.01. The van der Waals surface area contributed by atoms with Gasteiger partial charge in [-0.1, -0.05) is 42.0 Å². The van der Waals surface area contributed by atoms with Gasteiger partial charge in [-0.15, -0.1) is 0 Å². The Morgan fingerprint density at radius 3 is 2.48 bits per heavy atom. The summed E-state index contributed by atoms with van der Waals surface area (Å²) in [5, 5.41) is 26.2. The summed E-state index contributed by atoms with van der Waals surface area (Å²) >= 11 is 0. The molecule has 0 aromatic heterocycles. The molecule has 0 unspecified atom stereocenters. The summed E-state index contributed by atoms with van der Waals surface area (Å²) in [5.74, 6) is -1.67. The molecule has 2 N–H and O–H groups in total. The van der Waals surface area contributed by atoms with Crippen LogP contribution < -0.4 is 0 Å². The van der Waals surface area contributed by atoms with Gasteiger partial charge in [0.1, 0.15) is 5.75 Å². The van der Waals surface area contributed by atoms with Crippen LogP contribution in [0.2, 0.25) is 0 Å². The van der Waals surface area contributed by atoms with Crippen LogP contribution in [0.5, 0.6) is 5.75 Å². The van der Waals surface area contributed by atoms with E-state index >= 15 is 0 Å². The number of rotatable bonds is 4. The largest absolute Gasteiger partial charge is 0.507 e. The Morgan fingerprint density at radius 2 is 1.85 bits per heavy atom. The number of hydrogen-bond donors (Lipinski definition) is 2. The molecule has 1 atom stereocenters. The van der Waals surface area contributed by atoms with Gasteiger partial charge in [0.2, 0.25) is 0 Å². The van der Waals surface area contributed by atoms with Gasteiger partial charge in [0.25, 0.3) is 5.91 Å². The number of carbonyl (C=O) groups is 2. The molecule has 27 heavy (non-hydrogen) atoms. The fourth-order valence-corrected chi connectivity index (χ4v) is 2.90. The van der Waals surface area contributed by atoms with E-state index in [-0.39, 0.29) is 30.1 Å². The number of aromatic hydroxyl groups is 1. The number of hydrogen-bond acceptors (Lipinski definition) is 6. The third-order valence-electron chi connectivity index (χ3n) is 4.34. The van der Waals surface area contributed by atoms with Crippen LogP contribution >= 0.6 is 0 Å². The van der Waals surface area contributed by atoms with E-state index in [0.717, 1.165) is 10.6 Å². The van der Waals surface area contributed by atoms with Gasteiger partial charge in [-0.05, 0) is 26.0 Å². The highest BCUT2D eigenvalue weighted by Gasteiger charge is 2.48. The first kappa shape index (κ1) is 18.6. The number of benzene rings is 2. The fourth-order valence-electron chi connectivity index (χ4n) is 2.90. The monoisotopic (exact) mass is 368 g/mol. The van der Waals surface area contributed by atoms with Crippen molar-refractivity contribution >= 4 is 17.6 Å². The second kappa shape index (κ2) is 7.20. The molecular formula is C20H20N2O5. The number of hydrazone groups is 1. The number of nitrogens with zero attached hydrogens (tertiary/aromatic N) is 2. The Morgan fingerprint density at radius 1 is 1.19 bits per heavy atom. The molecule has 2 aromatic carbocycles. The first-order chi connectivity index (χ1) is 12.9. The number of aliphatic hydroxyl groups is 1. The molecule has 0 fully saturated rings. The third-order valence-corrected chi connectivity index (χ3v) is 4.34. The van der Waals surface area contributed by atoms with E-state index in [4.69, 9.17) is 4.74 Å². The van der Waals surface area contributed by atoms with E-state index in [1.54, 1.807) is 43.3 Å². The number of esters is 1. The summed E-state index contributed by atoms with van der Waals surface area (Å²) in [4.78, 5) is 25.1. The topological polar surface area (TPSA) is 99.4 Å². The minimum Gasteiger partial charge on any atom is -0.507 e. The van der Waals surface area contributed by atoms with E-state index in [1.807, 2.05) is 6.92 Å². The fraction of sp³-hybridized carbons (Fsp3) is 0.250. The van der Waals surface area contributed by atoms with E-state index in [1.165, 1.54) is 12.1 Å². The van der Waals surface area contributed by atoms with Crippen molar-refractivity contribution in [1.82, 2.24) is 5.01 Å². The molecule has 1 heterocycles.